The molecule has 326 valence electrons. The maximum atomic E-state index is 12.9. The first-order chi connectivity index (χ1) is 26.7. The third kappa shape index (κ3) is 19.4. The van der Waals surface area contributed by atoms with Gasteiger partial charge >= 0.3 is 23.8 Å². The summed E-state index contributed by atoms with van der Waals surface area (Å²) in [5, 5.41) is 9.98. The number of nitrogens with zero attached hydrogens (tertiary/aromatic N) is 3. The zero-order chi connectivity index (χ0) is 45.1. The minimum Gasteiger partial charge on any atom is -0.778 e. The third-order valence-corrected chi connectivity index (χ3v) is 7.96. The number of amides is 1. The van der Waals surface area contributed by atoms with E-state index in [4.69, 9.17) is 42.7 Å². The van der Waals surface area contributed by atoms with Crippen molar-refractivity contribution in [2.45, 2.75) is 53.3 Å². The van der Waals surface area contributed by atoms with Crippen LogP contribution in [0.15, 0.2) is 52.1 Å². The van der Waals surface area contributed by atoms with Crippen LogP contribution in [-0.2, 0) is 54.2 Å². The first-order valence-corrected chi connectivity index (χ1v) is 22.2. The number of para-hydroxylation sites is 1. The molecule has 0 spiro atoms. The van der Waals surface area contributed by atoms with Gasteiger partial charge in [0, 0.05) is 19.7 Å². The van der Waals surface area contributed by atoms with Crippen molar-refractivity contribution < 1.29 is 56.5 Å². The van der Waals surface area contributed by atoms with E-state index in [1.807, 2.05) is 37.4 Å². The Labute approximate surface area is 347 Å². The molecular weight excluding hydrogens is 855 g/mol. The summed E-state index contributed by atoms with van der Waals surface area (Å²) in [5.41, 5.74) is -0.880. The normalized spacial score (nSPS) is 11.9. The van der Waals surface area contributed by atoms with Crippen LogP contribution >= 0.6 is 30.8 Å². The summed E-state index contributed by atoms with van der Waals surface area (Å²) < 4.78 is 59.8. The number of benzene rings is 2. The highest BCUT2D eigenvalue weighted by atomic mass is 35.5. The second kappa shape index (κ2) is 25.7. The molecule has 1 aromatic heterocycles. The van der Waals surface area contributed by atoms with E-state index in [1.165, 1.54) is 12.1 Å². The highest BCUT2D eigenvalue weighted by Crippen LogP contribution is 2.28. The van der Waals surface area contributed by atoms with Crippen LogP contribution in [-0.4, -0.2) is 93.9 Å². The number of carbonyl (C=O) groups excluding carboxylic acids is 2. The van der Waals surface area contributed by atoms with Gasteiger partial charge in [-0.25, -0.2) is 14.2 Å². The number of nitrogens with one attached hydrogen (secondary N) is 1. The highest BCUT2D eigenvalue weighted by molar-refractivity contribution is 7.94. The average Bonchev–Trinajstić information content (AvgIpc) is 3.09. The molecule has 0 saturated carbocycles. The zero-order valence-electron chi connectivity index (χ0n) is 33.5. The molecule has 1 heterocycles. The molecule has 1 amide bonds. The molecule has 3 rings (SSSR count). The maximum Gasteiger partial charge on any atom is 0.431 e. The first-order valence-electron chi connectivity index (χ1n) is 17.1. The fourth-order valence-electron chi connectivity index (χ4n) is 4.43. The summed E-state index contributed by atoms with van der Waals surface area (Å²) >= 11 is 11.6. The highest BCUT2D eigenvalue weighted by Gasteiger charge is 2.35. The summed E-state index contributed by atoms with van der Waals surface area (Å²) in [6.45, 7) is 9.54. The topological polar surface area (TPSA) is 210 Å². The second-order valence-electron chi connectivity index (χ2n) is 12.5. The number of rotatable bonds is 13. The van der Waals surface area contributed by atoms with E-state index < -0.39 is 61.6 Å². The average molecular weight is 906 g/mol. The fourth-order valence-corrected chi connectivity index (χ4v) is 5.17. The van der Waals surface area contributed by atoms with Gasteiger partial charge in [-0.3, -0.25) is 29.2 Å². The Hall–Kier alpha value is -3.68. The maximum absolute atomic E-state index is 12.9. The Morgan fingerprint density at radius 1 is 1.09 bits per heavy atom. The van der Waals surface area contributed by atoms with E-state index in [-0.39, 0.29) is 34.8 Å². The number of anilines is 1. The number of carbonyl (C=O) groups is 3. The number of esters is 1. The molecule has 1 unspecified atom stereocenters. The monoisotopic (exact) mass is 904 g/mol. The van der Waals surface area contributed by atoms with E-state index >= 15 is 0 Å². The van der Waals surface area contributed by atoms with Crippen molar-refractivity contribution in [2.75, 3.05) is 55.7 Å². The first kappa shape index (κ1) is 54.3. The standard InChI is InChI=1S/C16H14ClF3N2O4.C14H20ClNO2.C3H8NO5P.C3H9S/c1-8(2)26-14(24)10-6-9(4-5-11(10)17)22-13(23)7-12(16(18,19)20)21(3)15(22)25;1-4-12-8-6-7-11(3)14(12)16(10-18-5-2)13(17)9-15;5-3(6)1-4-2-10(7,8)9;1-4(2)3/h4-8H,1-3H3;6-8H,4-5,9-10H2,1-3H3;4H,1-2H2,(H,5,6)(H2,7,8,9);1-3H3/q;;;+1/p-1. The molecule has 3 N–H and O–H groups in total. The van der Waals surface area contributed by atoms with Gasteiger partial charge in [0.2, 0.25) is 5.91 Å². The molecule has 0 aliphatic rings. The Morgan fingerprint density at radius 3 is 2.14 bits per heavy atom. The Kier molecular flexibility index (Phi) is 24.1. The lowest BCUT2D eigenvalue weighted by Crippen LogP contribution is -2.40. The summed E-state index contributed by atoms with van der Waals surface area (Å²) in [6, 6.07) is 9.94. The molecular formula is C36H50Cl2F3N4O11PS. The summed E-state index contributed by atoms with van der Waals surface area (Å²) in [5.74, 6) is -2.13. The van der Waals surface area contributed by atoms with Gasteiger partial charge < -0.3 is 28.9 Å². The predicted molar refractivity (Wildman–Crippen MR) is 219 cm³/mol. The number of carboxylic acid groups (broad SMARTS) is 1. The van der Waals surface area contributed by atoms with Crippen molar-refractivity contribution in [3.63, 3.8) is 0 Å². The van der Waals surface area contributed by atoms with Crippen LogP contribution < -0.4 is 26.4 Å². The largest absolute Gasteiger partial charge is 0.778 e. The number of alkyl halides is 4. The second-order valence-corrected chi connectivity index (χ2v) is 17.2. The molecule has 2 aromatic carbocycles. The van der Waals surface area contributed by atoms with Crippen molar-refractivity contribution in [1.29, 1.82) is 0 Å². The van der Waals surface area contributed by atoms with Crippen LogP contribution in [0.5, 0.6) is 0 Å². The molecule has 0 fully saturated rings. The number of aromatic nitrogens is 2. The van der Waals surface area contributed by atoms with Crippen molar-refractivity contribution >= 4 is 65.2 Å². The van der Waals surface area contributed by atoms with Gasteiger partial charge in [-0.2, -0.15) is 13.2 Å². The van der Waals surface area contributed by atoms with Crippen LogP contribution in [0, 0.1) is 6.92 Å². The number of hydrogen-bond donors (Lipinski definition) is 3. The van der Waals surface area contributed by atoms with Gasteiger partial charge in [-0.05, 0) is 74.3 Å². The Balaban J connectivity index is 0.000000876. The lowest BCUT2D eigenvalue weighted by Gasteiger charge is -2.25. The lowest BCUT2D eigenvalue weighted by molar-refractivity contribution is -0.193. The predicted octanol–water partition coefficient (Wildman–Crippen LogP) is 4.55. The van der Waals surface area contributed by atoms with Gasteiger partial charge in [-0.15, -0.1) is 11.6 Å². The van der Waals surface area contributed by atoms with Crippen LogP contribution in [0.1, 0.15) is 54.9 Å². The summed E-state index contributed by atoms with van der Waals surface area (Å²) in [7, 11) is -2.81. The number of ether oxygens (including phenoxy) is 2. The number of hydrogen-bond acceptors (Lipinski definition) is 10. The molecule has 22 heteroatoms. The lowest BCUT2D eigenvalue weighted by atomic mass is 10.0. The SMILES string of the molecule is CC(C)OC(=O)c1cc(-n2c(=O)cc(C(F)(F)F)n(C)c2=O)ccc1Cl.CCOCN(C(=O)CCl)c1c(C)cccc1CC.C[S+](C)C.O=C(O)CNCP(=O)([O-])O. The minimum absolute atomic E-state index is 0.0104. The van der Waals surface area contributed by atoms with Crippen LogP contribution in [0.4, 0.5) is 18.9 Å². The number of aliphatic carboxylic acids is 1. The van der Waals surface area contributed by atoms with Crippen LogP contribution in [0.3, 0.4) is 0 Å². The smallest absolute Gasteiger partial charge is 0.431 e. The van der Waals surface area contributed by atoms with Crippen molar-refractivity contribution in [3.8, 4) is 5.69 Å². The quantitative estimate of drug-likeness (QED) is 0.0710. The molecule has 0 radical (unpaired) electrons. The Morgan fingerprint density at radius 2 is 1.67 bits per heavy atom. The van der Waals surface area contributed by atoms with Crippen LogP contribution in [0.2, 0.25) is 5.02 Å². The number of aryl methyl sites for hydroxylation is 2. The van der Waals surface area contributed by atoms with Crippen molar-refractivity contribution in [3.05, 3.63) is 90.7 Å². The van der Waals surface area contributed by atoms with Gasteiger partial charge in [-0.1, -0.05) is 36.7 Å². The van der Waals surface area contributed by atoms with E-state index in [0.717, 1.165) is 36.3 Å². The van der Waals surface area contributed by atoms with E-state index in [2.05, 4.69) is 25.7 Å². The van der Waals surface area contributed by atoms with E-state index in [0.29, 0.717) is 32.7 Å². The van der Waals surface area contributed by atoms with E-state index in [9.17, 15) is 46.6 Å². The summed E-state index contributed by atoms with van der Waals surface area (Å²) in [4.78, 5) is 77.8. The molecule has 0 saturated heterocycles. The number of carboxylic acids is 1. The molecule has 15 nitrogen and oxygen atoms in total. The fraction of sp³-hybridized carbons (Fsp3) is 0.472. The van der Waals surface area contributed by atoms with E-state index in [1.54, 1.807) is 18.7 Å². The molecule has 0 aliphatic heterocycles. The summed E-state index contributed by atoms with van der Waals surface area (Å²) in [6.07, 6.45) is 1.44. The van der Waals surface area contributed by atoms with Crippen molar-refractivity contribution in [1.82, 2.24) is 14.5 Å². The van der Waals surface area contributed by atoms with Crippen LogP contribution in [0.25, 0.3) is 5.69 Å². The Bertz CT molecular complexity index is 1990. The number of halogens is 5. The molecule has 58 heavy (non-hydrogen) atoms. The van der Waals surface area contributed by atoms with Crippen molar-refractivity contribution in [2.24, 2.45) is 7.05 Å². The van der Waals surface area contributed by atoms with Gasteiger partial charge in [0.25, 0.3) is 5.56 Å². The van der Waals surface area contributed by atoms with Gasteiger partial charge in [0.05, 0.1) is 59.7 Å². The van der Waals surface area contributed by atoms with Gasteiger partial charge in [0.15, 0.2) is 0 Å². The molecule has 0 aliphatic carbocycles. The molecule has 0 bridgehead atoms. The minimum atomic E-state index is -4.86. The van der Waals surface area contributed by atoms with Gasteiger partial charge in [0.1, 0.15) is 25.9 Å². The molecule has 1 atom stereocenters. The molecule has 3 aromatic rings. The zero-order valence-corrected chi connectivity index (χ0v) is 36.7. The third-order valence-electron chi connectivity index (χ3n) is 6.78.